The average Bonchev–Trinajstić information content (AvgIpc) is 2.30. The van der Waals surface area contributed by atoms with Crippen molar-refractivity contribution in [3.05, 3.63) is 44.8 Å². The molecule has 0 amide bonds. The van der Waals surface area contributed by atoms with E-state index in [9.17, 15) is 0 Å². The molecule has 0 aliphatic rings. The van der Waals surface area contributed by atoms with E-state index in [0.717, 1.165) is 27.1 Å². The lowest BCUT2D eigenvalue weighted by Gasteiger charge is -2.11. The molecular weight excluding hydrogens is 314 g/mol. The molecule has 0 spiro atoms. The van der Waals surface area contributed by atoms with Crippen LogP contribution >= 0.6 is 27.5 Å². The Balaban J connectivity index is 2.40. The van der Waals surface area contributed by atoms with Gasteiger partial charge in [-0.15, -0.1) is 0 Å². The number of hydrogen-bond acceptors (Lipinski definition) is 3. The third kappa shape index (κ3) is 2.82. The number of hydrogen-bond donors (Lipinski definition) is 1. The average molecular weight is 327 g/mol. The number of aromatic nitrogens is 2. The summed E-state index contributed by atoms with van der Waals surface area (Å²) in [5, 5.41) is 3.58. The summed E-state index contributed by atoms with van der Waals surface area (Å²) in [6.45, 7) is 5.83. The lowest BCUT2D eigenvalue weighted by Crippen LogP contribution is -2.01. The highest BCUT2D eigenvalue weighted by Gasteiger charge is 2.09. The van der Waals surface area contributed by atoms with Crippen LogP contribution in [0.25, 0.3) is 0 Å². The molecule has 2 rings (SSSR count). The zero-order valence-corrected chi connectivity index (χ0v) is 12.7. The summed E-state index contributed by atoms with van der Waals surface area (Å²) in [5.74, 6) is 0.575. The maximum Gasteiger partial charge on any atom is 0.172 e. The fraction of sp³-hybridized carbons (Fsp3) is 0.231. The van der Waals surface area contributed by atoms with Gasteiger partial charge in [0.15, 0.2) is 11.0 Å². The first kappa shape index (κ1) is 13.3. The van der Waals surface area contributed by atoms with Crippen molar-refractivity contribution in [3.8, 4) is 0 Å². The van der Waals surface area contributed by atoms with E-state index in [0.29, 0.717) is 11.0 Å². The van der Waals surface area contributed by atoms with Gasteiger partial charge in [-0.2, -0.15) is 0 Å². The maximum absolute atomic E-state index is 6.09. The fourth-order valence-corrected chi connectivity index (χ4v) is 2.08. The Morgan fingerprint density at radius 2 is 1.78 bits per heavy atom. The van der Waals surface area contributed by atoms with E-state index >= 15 is 0 Å². The number of benzene rings is 1. The first-order valence-corrected chi connectivity index (χ1v) is 6.68. The minimum atomic E-state index is 0.381. The summed E-state index contributed by atoms with van der Waals surface area (Å²) in [5.41, 5.74) is 3.79. The second kappa shape index (κ2) is 5.24. The number of halogens is 2. The van der Waals surface area contributed by atoms with E-state index in [1.165, 1.54) is 0 Å². The van der Waals surface area contributed by atoms with Crippen molar-refractivity contribution in [1.82, 2.24) is 9.97 Å². The van der Waals surface area contributed by atoms with E-state index in [1.807, 2.05) is 39.0 Å². The molecule has 1 N–H and O–H groups in total. The molecule has 0 unspecified atom stereocenters. The summed E-state index contributed by atoms with van der Waals surface area (Å²) in [6, 6.07) is 6.04. The van der Waals surface area contributed by atoms with Gasteiger partial charge in [0.2, 0.25) is 0 Å². The SMILES string of the molecule is Cc1ccc(Br)c(Nc2nc(C)c(C)nc2Cl)c1. The normalized spacial score (nSPS) is 10.5. The predicted molar refractivity (Wildman–Crippen MR) is 78.7 cm³/mol. The van der Waals surface area contributed by atoms with Crippen molar-refractivity contribution < 1.29 is 0 Å². The molecule has 2 aromatic rings. The van der Waals surface area contributed by atoms with Crippen LogP contribution in [0.4, 0.5) is 11.5 Å². The van der Waals surface area contributed by atoms with E-state index in [2.05, 4.69) is 31.2 Å². The molecule has 94 valence electrons. The molecule has 0 bridgehead atoms. The third-order valence-corrected chi connectivity index (χ3v) is 3.59. The van der Waals surface area contributed by atoms with Crippen LogP contribution in [-0.4, -0.2) is 9.97 Å². The Labute approximate surface area is 120 Å². The van der Waals surface area contributed by atoms with Crippen LogP contribution in [0.5, 0.6) is 0 Å². The Hall–Kier alpha value is -1.13. The highest BCUT2D eigenvalue weighted by Crippen LogP contribution is 2.29. The van der Waals surface area contributed by atoms with Crippen LogP contribution in [0, 0.1) is 20.8 Å². The maximum atomic E-state index is 6.09. The number of aryl methyl sites for hydroxylation is 3. The van der Waals surface area contributed by atoms with E-state index in [-0.39, 0.29) is 0 Å². The molecule has 1 aromatic carbocycles. The molecule has 5 heteroatoms. The van der Waals surface area contributed by atoms with Gasteiger partial charge in [0.05, 0.1) is 17.1 Å². The Kier molecular flexibility index (Phi) is 3.88. The Morgan fingerprint density at radius 1 is 1.11 bits per heavy atom. The number of nitrogens with zero attached hydrogens (tertiary/aromatic N) is 2. The van der Waals surface area contributed by atoms with Gasteiger partial charge < -0.3 is 5.32 Å². The van der Waals surface area contributed by atoms with Crippen LogP contribution in [0.15, 0.2) is 22.7 Å². The molecule has 0 atom stereocenters. The molecule has 1 heterocycles. The lowest BCUT2D eigenvalue weighted by molar-refractivity contribution is 1.05. The third-order valence-electron chi connectivity index (χ3n) is 2.64. The molecule has 0 aliphatic carbocycles. The van der Waals surface area contributed by atoms with Gasteiger partial charge in [-0.1, -0.05) is 17.7 Å². The summed E-state index contributed by atoms with van der Waals surface area (Å²) in [6.07, 6.45) is 0. The first-order chi connectivity index (χ1) is 8.47. The van der Waals surface area contributed by atoms with Crippen LogP contribution in [-0.2, 0) is 0 Å². The van der Waals surface area contributed by atoms with Crippen molar-refractivity contribution in [1.29, 1.82) is 0 Å². The van der Waals surface area contributed by atoms with Crippen molar-refractivity contribution in [2.75, 3.05) is 5.32 Å². The van der Waals surface area contributed by atoms with Gasteiger partial charge in [-0.05, 0) is 54.4 Å². The van der Waals surface area contributed by atoms with Gasteiger partial charge >= 0.3 is 0 Å². The second-order valence-corrected chi connectivity index (χ2v) is 5.35. The van der Waals surface area contributed by atoms with Crippen LogP contribution in [0.3, 0.4) is 0 Å². The molecule has 1 aromatic heterocycles. The molecule has 0 radical (unpaired) electrons. The monoisotopic (exact) mass is 325 g/mol. The summed E-state index contributed by atoms with van der Waals surface area (Å²) >= 11 is 9.58. The topological polar surface area (TPSA) is 37.8 Å². The molecular formula is C13H13BrClN3. The van der Waals surface area contributed by atoms with Gasteiger partial charge in [0.1, 0.15) is 0 Å². The second-order valence-electron chi connectivity index (χ2n) is 4.14. The molecule has 0 fully saturated rings. The van der Waals surface area contributed by atoms with E-state index < -0.39 is 0 Å². The largest absolute Gasteiger partial charge is 0.337 e. The zero-order valence-electron chi connectivity index (χ0n) is 10.4. The highest BCUT2D eigenvalue weighted by atomic mass is 79.9. The first-order valence-electron chi connectivity index (χ1n) is 5.51. The van der Waals surface area contributed by atoms with Crippen LogP contribution in [0.1, 0.15) is 17.0 Å². The van der Waals surface area contributed by atoms with Crippen LogP contribution in [0.2, 0.25) is 5.15 Å². The molecule has 3 nitrogen and oxygen atoms in total. The number of nitrogens with one attached hydrogen (secondary N) is 1. The minimum absolute atomic E-state index is 0.381. The molecule has 0 saturated carbocycles. The molecule has 18 heavy (non-hydrogen) atoms. The fourth-order valence-electron chi connectivity index (χ4n) is 1.52. The van der Waals surface area contributed by atoms with Gasteiger partial charge in [-0.3, -0.25) is 0 Å². The van der Waals surface area contributed by atoms with Gasteiger partial charge in [0.25, 0.3) is 0 Å². The zero-order chi connectivity index (χ0) is 13.3. The van der Waals surface area contributed by atoms with Crippen LogP contribution < -0.4 is 5.32 Å². The molecule has 0 saturated heterocycles. The Bertz CT molecular complexity index is 599. The van der Waals surface area contributed by atoms with Crippen molar-refractivity contribution in [3.63, 3.8) is 0 Å². The smallest absolute Gasteiger partial charge is 0.172 e. The van der Waals surface area contributed by atoms with Crippen molar-refractivity contribution in [2.45, 2.75) is 20.8 Å². The summed E-state index contributed by atoms with van der Waals surface area (Å²) < 4.78 is 0.962. The highest BCUT2D eigenvalue weighted by molar-refractivity contribution is 9.10. The van der Waals surface area contributed by atoms with Gasteiger partial charge in [0, 0.05) is 4.47 Å². The summed E-state index contributed by atoms with van der Waals surface area (Å²) in [4.78, 5) is 8.66. The standard InChI is InChI=1S/C13H13BrClN3/c1-7-4-5-10(14)11(6-7)18-13-12(15)16-8(2)9(3)17-13/h4-6H,1-3H3,(H,17,18). The number of anilines is 2. The number of rotatable bonds is 2. The quantitative estimate of drug-likeness (QED) is 0.879. The Morgan fingerprint density at radius 3 is 2.50 bits per heavy atom. The predicted octanol–water partition coefficient (Wildman–Crippen LogP) is 4.56. The molecule has 0 aliphatic heterocycles. The van der Waals surface area contributed by atoms with E-state index in [4.69, 9.17) is 11.6 Å². The van der Waals surface area contributed by atoms with E-state index in [1.54, 1.807) is 0 Å². The minimum Gasteiger partial charge on any atom is -0.337 e. The van der Waals surface area contributed by atoms with Crippen molar-refractivity contribution in [2.24, 2.45) is 0 Å². The lowest BCUT2D eigenvalue weighted by atomic mass is 10.2. The van der Waals surface area contributed by atoms with Crippen molar-refractivity contribution >= 4 is 39.0 Å². The summed E-state index contributed by atoms with van der Waals surface area (Å²) in [7, 11) is 0. The van der Waals surface area contributed by atoms with Gasteiger partial charge in [-0.25, -0.2) is 9.97 Å².